The van der Waals surface area contributed by atoms with Crippen LogP contribution in [0, 0.1) is 5.92 Å². The van der Waals surface area contributed by atoms with E-state index in [0.717, 1.165) is 30.0 Å². The number of aryl methyl sites for hydroxylation is 1. The molecule has 52 heavy (non-hydrogen) atoms. The molecule has 4 aliphatic rings. The van der Waals surface area contributed by atoms with Gasteiger partial charge in [0.1, 0.15) is 5.54 Å². The Morgan fingerprint density at radius 2 is 1.71 bits per heavy atom. The molecule has 4 aromatic rings. The summed E-state index contributed by atoms with van der Waals surface area (Å²) in [6.45, 7) is 8.11. The van der Waals surface area contributed by atoms with E-state index >= 15 is 0 Å². The number of nitrogens with zero attached hydrogens (tertiary/aromatic N) is 5. The van der Waals surface area contributed by atoms with Gasteiger partial charge in [0, 0.05) is 46.8 Å². The summed E-state index contributed by atoms with van der Waals surface area (Å²) in [6, 6.07) is 25.6. The van der Waals surface area contributed by atoms with Gasteiger partial charge < -0.3 is 30.2 Å². The normalized spacial score (nSPS) is 26.0. The Bertz CT molecular complexity index is 1950. The highest BCUT2D eigenvalue weighted by Crippen LogP contribution is 2.59. The lowest BCUT2D eigenvalue weighted by Crippen LogP contribution is -2.55. The lowest BCUT2D eigenvalue weighted by atomic mass is 9.82. The predicted molar refractivity (Wildman–Crippen MR) is 200 cm³/mol. The Hall–Kier alpha value is -4.40. The van der Waals surface area contributed by atoms with Crippen LogP contribution in [-0.2, 0) is 26.5 Å². The van der Waals surface area contributed by atoms with E-state index in [0.29, 0.717) is 49.4 Å². The van der Waals surface area contributed by atoms with Crippen molar-refractivity contribution in [2.75, 3.05) is 41.5 Å². The van der Waals surface area contributed by atoms with Crippen LogP contribution in [0.2, 0.25) is 18.6 Å². The Morgan fingerprint density at radius 1 is 1.00 bits per heavy atom. The van der Waals surface area contributed by atoms with Gasteiger partial charge in [0.2, 0.25) is 0 Å². The van der Waals surface area contributed by atoms with Crippen LogP contribution in [0.15, 0.2) is 85.1 Å². The van der Waals surface area contributed by atoms with Gasteiger partial charge in [-0.2, -0.15) is 0 Å². The monoisotopic (exact) mass is 721 g/mol. The third-order valence-corrected chi connectivity index (χ3v) is 14.4. The number of carbonyl (C=O) groups excluding carboxylic acids is 2. The molecule has 4 aliphatic heterocycles. The summed E-state index contributed by atoms with van der Waals surface area (Å²) < 4.78 is 8.70. The number of anilines is 3. The quantitative estimate of drug-likeness (QED) is 0.187. The minimum atomic E-state index is -2.88. The molecule has 5 heterocycles. The number of nitrogens with one attached hydrogen (secondary N) is 2. The number of para-hydroxylation sites is 1. The van der Waals surface area contributed by atoms with Crippen molar-refractivity contribution < 1.29 is 24.2 Å². The van der Waals surface area contributed by atoms with Gasteiger partial charge in [-0.25, -0.2) is 0 Å². The van der Waals surface area contributed by atoms with Gasteiger partial charge in [0.15, 0.2) is 13.9 Å². The van der Waals surface area contributed by atoms with Gasteiger partial charge >= 0.3 is 0 Å². The Kier molecular flexibility index (Phi) is 8.82. The average Bonchev–Trinajstić information content (AvgIpc) is 3.88. The van der Waals surface area contributed by atoms with Crippen molar-refractivity contribution in [2.24, 2.45) is 5.92 Å². The van der Waals surface area contributed by atoms with E-state index in [4.69, 9.17) is 4.74 Å². The first kappa shape index (κ1) is 34.7. The first-order valence-electron chi connectivity index (χ1n) is 18.3. The Balaban J connectivity index is 1.09. The zero-order chi connectivity index (χ0) is 36.3. The zero-order valence-electron chi connectivity index (χ0n) is 29.9. The fourth-order valence-electron chi connectivity index (χ4n) is 9.39. The number of amides is 2. The summed E-state index contributed by atoms with van der Waals surface area (Å²) in [4.78, 5) is 44.4. The highest BCUT2D eigenvalue weighted by Gasteiger charge is 2.65. The van der Waals surface area contributed by atoms with Crippen molar-refractivity contribution in [1.29, 1.82) is 0 Å². The van der Waals surface area contributed by atoms with Crippen LogP contribution in [0.1, 0.15) is 48.9 Å². The fraction of sp³-hybridized carbons (Fsp3) is 0.436. The molecular weight excluding hydrogens is 675 g/mol. The second kappa shape index (κ2) is 13.2. The van der Waals surface area contributed by atoms with Crippen molar-refractivity contribution >= 4 is 37.2 Å². The molecule has 8 rings (SSSR count). The molecule has 0 radical (unpaired) electrons. The molecule has 0 saturated carbocycles. The molecule has 272 valence electrons. The maximum atomic E-state index is 14.5. The van der Waals surface area contributed by atoms with Gasteiger partial charge in [-0.1, -0.05) is 60.7 Å². The van der Waals surface area contributed by atoms with Crippen molar-refractivity contribution in [2.45, 2.75) is 74.5 Å². The number of aliphatic hydroxyl groups excluding tert-OH is 1. The topological polar surface area (TPSA) is 145 Å². The summed E-state index contributed by atoms with van der Waals surface area (Å²) >= 11 is 0. The Labute approximate surface area is 304 Å². The summed E-state index contributed by atoms with van der Waals surface area (Å²) in [7, 11) is -2.88. The molecule has 3 aromatic carbocycles. The van der Waals surface area contributed by atoms with Crippen molar-refractivity contribution in [3.05, 3.63) is 102 Å². The van der Waals surface area contributed by atoms with Gasteiger partial charge in [-0.05, 0) is 81.3 Å². The number of rotatable bonds is 9. The molecule has 1 unspecified atom stereocenters. The molecule has 0 bridgehead atoms. The number of carbonyl (C=O) groups is 2. The molecule has 4 N–H and O–H groups in total. The number of hydrogen-bond acceptors (Lipinski definition) is 9. The van der Waals surface area contributed by atoms with E-state index in [2.05, 4.69) is 38.0 Å². The van der Waals surface area contributed by atoms with E-state index in [1.807, 2.05) is 97.8 Å². The molecule has 13 heteroatoms. The minimum Gasteiger partial charge on any atom is -0.432 e. The molecule has 12 nitrogen and oxygen atoms in total. The van der Waals surface area contributed by atoms with Gasteiger partial charge in [-0.3, -0.25) is 19.2 Å². The Morgan fingerprint density at radius 3 is 2.40 bits per heavy atom. The second-order valence-electron chi connectivity index (χ2n) is 15.3. The summed E-state index contributed by atoms with van der Waals surface area (Å²) in [5.41, 5.74) is 2.48. The lowest BCUT2D eigenvalue weighted by molar-refractivity contribution is -0.143. The lowest BCUT2D eigenvalue weighted by Gasteiger charge is -2.39. The van der Waals surface area contributed by atoms with E-state index in [9.17, 15) is 19.5 Å². The van der Waals surface area contributed by atoms with Crippen LogP contribution in [0.25, 0.3) is 0 Å². The molecule has 2 spiro atoms. The highest BCUT2D eigenvalue weighted by molar-refractivity contribution is 6.71. The largest absolute Gasteiger partial charge is 0.432 e. The minimum absolute atomic E-state index is 0.0621. The maximum Gasteiger partial charge on any atom is 0.261 e. The first-order chi connectivity index (χ1) is 25.1. The van der Waals surface area contributed by atoms with E-state index in [1.54, 1.807) is 4.68 Å². The number of hydrogen-bond donors (Lipinski definition) is 4. The fourth-order valence-corrected chi connectivity index (χ4v) is 12.0. The molecule has 0 aliphatic carbocycles. The first-order valence-corrected chi connectivity index (χ1v) is 21.4. The van der Waals surface area contributed by atoms with Crippen LogP contribution in [0.5, 0.6) is 0 Å². The molecule has 3 saturated heterocycles. The van der Waals surface area contributed by atoms with Crippen molar-refractivity contribution in [3.63, 3.8) is 0 Å². The molecular formula is C39H47N7O5Si. The third kappa shape index (κ3) is 5.57. The zero-order valence-corrected chi connectivity index (χ0v) is 30.9. The third-order valence-electron chi connectivity index (χ3n) is 11.9. The number of piperidine rings is 1. The van der Waals surface area contributed by atoms with Gasteiger partial charge in [0.05, 0.1) is 31.0 Å². The summed E-state index contributed by atoms with van der Waals surface area (Å²) in [5, 5.41) is 25.4. The standard InChI is InChI=1S/C39H47N7O5Si/c1-26-35(52(2,3)50)34(16-21-44-23-33(42-43-44)30(24-47)27-10-6-4-7-11-27)51-39(26)31-22-29(14-15-32(31)41-36(39)48)45-25-46(28-12-8-5-9-13-28)38(37(45)49)17-19-40-20-18-38/h4-15,22-23,26,30,34-35,40,47,50H,16-21,24-25H2,1-3H3,(H,41,48)/t26-,30?,34+,35-,39+/m0/s1. The van der Waals surface area contributed by atoms with Crippen LogP contribution >= 0.6 is 0 Å². The molecule has 5 atom stereocenters. The van der Waals surface area contributed by atoms with Crippen LogP contribution in [0.4, 0.5) is 17.1 Å². The van der Waals surface area contributed by atoms with E-state index in [1.165, 1.54) is 0 Å². The number of aromatic nitrogens is 3. The summed E-state index contributed by atoms with van der Waals surface area (Å²) in [6.07, 6.45) is 3.32. The van der Waals surface area contributed by atoms with Crippen LogP contribution in [0.3, 0.4) is 0 Å². The van der Waals surface area contributed by atoms with Gasteiger partial charge in [0.25, 0.3) is 11.8 Å². The smallest absolute Gasteiger partial charge is 0.261 e. The summed E-state index contributed by atoms with van der Waals surface area (Å²) in [5.74, 6) is -0.817. The average molecular weight is 722 g/mol. The number of ether oxygens (including phenoxy) is 1. The second-order valence-corrected chi connectivity index (χ2v) is 19.3. The van der Waals surface area contributed by atoms with Crippen molar-refractivity contribution in [3.8, 4) is 0 Å². The maximum absolute atomic E-state index is 14.5. The predicted octanol–water partition coefficient (Wildman–Crippen LogP) is 4.18. The molecule has 1 aromatic heterocycles. The van der Waals surface area contributed by atoms with Crippen molar-refractivity contribution in [1.82, 2.24) is 20.3 Å². The van der Waals surface area contributed by atoms with Crippen LogP contribution < -0.4 is 20.4 Å². The number of benzene rings is 3. The van der Waals surface area contributed by atoms with Crippen LogP contribution in [-0.4, -0.2) is 83.0 Å². The SMILES string of the molecule is C[C@H]1[C@H]([Si](C)(C)O)[C@@H](CCn2cc(C(CO)c3ccccc3)nn2)O[C@]12C(=O)Nc1ccc(N3CN(c4ccccc4)C4(CCNCC4)C3=O)cc12. The molecule has 2 amide bonds. The van der Waals surface area contributed by atoms with E-state index < -0.39 is 25.6 Å². The number of fused-ring (bicyclic) bond motifs is 2. The highest BCUT2D eigenvalue weighted by atomic mass is 28.4. The van der Waals surface area contributed by atoms with E-state index in [-0.39, 0.29) is 35.8 Å². The molecule has 3 fully saturated rings. The number of aliphatic hydroxyl groups is 1. The van der Waals surface area contributed by atoms with Gasteiger partial charge in [-0.15, -0.1) is 5.10 Å².